The molecule has 0 spiro atoms. The quantitative estimate of drug-likeness (QED) is 0.710. The van der Waals surface area contributed by atoms with Crippen molar-refractivity contribution in [3.05, 3.63) is 0 Å². The minimum absolute atomic E-state index is 0.330. The highest BCUT2D eigenvalue weighted by Crippen LogP contribution is 2.40. The number of hydrogen-bond acceptors (Lipinski definition) is 3. The van der Waals surface area contributed by atoms with Crippen LogP contribution in [0.5, 0.6) is 0 Å². The molecule has 2 bridgehead atoms. The zero-order chi connectivity index (χ0) is 10.7. The molecule has 2 aliphatic rings. The molecule has 0 radical (unpaired) electrons. The molecule has 2 atom stereocenters. The van der Waals surface area contributed by atoms with Crippen molar-refractivity contribution in [2.24, 2.45) is 0 Å². The fraction of sp³-hybridized carbons (Fsp3) is 1.00. The lowest BCUT2D eigenvalue weighted by molar-refractivity contribution is -0.115. The molecule has 2 fully saturated rings. The van der Waals surface area contributed by atoms with Gasteiger partial charge >= 0.3 is 0 Å². The van der Waals surface area contributed by atoms with Gasteiger partial charge in [0.05, 0.1) is 17.8 Å². The first-order valence-corrected chi connectivity index (χ1v) is 6.09. The Morgan fingerprint density at radius 3 is 2.53 bits per heavy atom. The lowest BCUT2D eigenvalue weighted by Crippen LogP contribution is -2.40. The molecule has 0 amide bonds. The molecular weight excluding hydrogens is 192 g/mol. The molecule has 1 N–H and O–H groups in total. The van der Waals surface area contributed by atoms with Crippen molar-refractivity contribution in [3.8, 4) is 0 Å². The van der Waals surface area contributed by atoms with Crippen LogP contribution in [0.4, 0.5) is 0 Å². The van der Waals surface area contributed by atoms with Gasteiger partial charge in [0.15, 0.2) is 0 Å². The third kappa shape index (κ3) is 2.92. The van der Waals surface area contributed by atoms with Gasteiger partial charge in [-0.25, -0.2) is 0 Å². The van der Waals surface area contributed by atoms with Crippen molar-refractivity contribution in [3.63, 3.8) is 0 Å². The van der Waals surface area contributed by atoms with Crippen molar-refractivity contribution in [1.82, 2.24) is 0 Å². The topological polar surface area (TPSA) is 38.7 Å². The highest BCUT2D eigenvalue weighted by Gasteiger charge is 2.42. The first-order chi connectivity index (χ1) is 7.22. The summed E-state index contributed by atoms with van der Waals surface area (Å²) in [5.41, 5.74) is -0.447. The number of hydrogen-bond donors (Lipinski definition) is 1. The predicted octanol–water partition coefficient (Wildman–Crippen LogP) is 1.88. The van der Waals surface area contributed by atoms with Gasteiger partial charge in [0, 0.05) is 26.6 Å². The molecular formula is C12H22O3. The van der Waals surface area contributed by atoms with Gasteiger partial charge in [0.25, 0.3) is 0 Å². The summed E-state index contributed by atoms with van der Waals surface area (Å²) < 4.78 is 10.7. The predicted molar refractivity (Wildman–Crippen MR) is 57.8 cm³/mol. The summed E-state index contributed by atoms with van der Waals surface area (Å²) in [7, 11) is 1.73. The number of unbranched alkanes of at least 4 members (excludes halogenated alkanes) is 1. The van der Waals surface area contributed by atoms with E-state index in [9.17, 15) is 5.11 Å². The Bertz CT molecular complexity index is 193. The maximum Gasteiger partial charge on any atom is 0.0697 e. The van der Waals surface area contributed by atoms with Crippen molar-refractivity contribution < 1.29 is 14.6 Å². The SMILES string of the molecule is COCCCCC1(O)CC2CCC(C1)O2. The second kappa shape index (κ2) is 4.81. The van der Waals surface area contributed by atoms with Gasteiger partial charge in [-0.3, -0.25) is 0 Å². The van der Waals surface area contributed by atoms with E-state index in [4.69, 9.17) is 9.47 Å². The van der Waals surface area contributed by atoms with Gasteiger partial charge in [-0.1, -0.05) is 0 Å². The highest BCUT2D eigenvalue weighted by atomic mass is 16.5. The van der Waals surface area contributed by atoms with Gasteiger partial charge in [-0.2, -0.15) is 0 Å². The van der Waals surface area contributed by atoms with Gasteiger partial charge in [0.1, 0.15) is 0 Å². The number of ether oxygens (including phenoxy) is 2. The summed E-state index contributed by atoms with van der Waals surface area (Å²) in [5.74, 6) is 0. The largest absolute Gasteiger partial charge is 0.390 e. The fourth-order valence-corrected chi connectivity index (χ4v) is 2.92. The van der Waals surface area contributed by atoms with E-state index in [0.717, 1.165) is 51.6 Å². The monoisotopic (exact) mass is 214 g/mol. The lowest BCUT2D eigenvalue weighted by atomic mass is 9.85. The van der Waals surface area contributed by atoms with Crippen LogP contribution in [-0.4, -0.2) is 36.6 Å². The second-order valence-corrected chi connectivity index (χ2v) is 5.04. The summed E-state index contributed by atoms with van der Waals surface area (Å²) in [6.45, 7) is 0.805. The zero-order valence-electron chi connectivity index (χ0n) is 9.58. The summed E-state index contributed by atoms with van der Waals surface area (Å²) in [6, 6.07) is 0. The molecule has 3 nitrogen and oxygen atoms in total. The summed E-state index contributed by atoms with van der Waals surface area (Å²) in [5, 5.41) is 10.4. The van der Waals surface area contributed by atoms with Crippen LogP contribution in [0.15, 0.2) is 0 Å². The lowest BCUT2D eigenvalue weighted by Gasteiger charge is -2.36. The van der Waals surface area contributed by atoms with Crippen LogP contribution >= 0.6 is 0 Å². The number of aliphatic hydroxyl groups is 1. The molecule has 2 heterocycles. The molecule has 0 aromatic rings. The minimum Gasteiger partial charge on any atom is -0.390 e. The molecule has 88 valence electrons. The van der Waals surface area contributed by atoms with Crippen LogP contribution in [0.3, 0.4) is 0 Å². The molecule has 15 heavy (non-hydrogen) atoms. The number of rotatable bonds is 5. The Morgan fingerprint density at radius 2 is 1.93 bits per heavy atom. The Morgan fingerprint density at radius 1 is 1.27 bits per heavy atom. The molecule has 0 aliphatic carbocycles. The summed E-state index contributed by atoms with van der Waals surface area (Å²) in [4.78, 5) is 0. The van der Waals surface area contributed by atoms with Gasteiger partial charge in [-0.15, -0.1) is 0 Å². The Kier molecular flexibility index (Phi) is 3.65. The van der Waals surface area contributed by atoms with Crippen LogP contribution in [0, 0.1) is 0 Å². The molecule has 0 aromatic heterocycles. The Balaban J connectivity index is 1.75. The first kappa shape index (κ1) is 11.4. The van der Waals surface area contributed by atoms with E-state index < -0.39 is 5.60 Å². The average Bonchev–Trinajstić information content (AvgIpc) is 2.54. The van der Waals surface area contributed by atoms with Gasteiger partial charge < -0.3 is 14.6 Å². The van der Waals surface area contributed by atoms with E-state index >= 15 is 0 Å². The molecule has 2 saturated heterocycles. The number of fused-ring (bicyclic) bond motifs is 2. The molecule has 2 aliphatic heterocycles. The van der Waals surface area contributed by atoms with E-state index in [1.54, 1.807) is 7.11 Å². The third-order valence-corrected chi connectivity index (χ3v) is 3.65. The Hall–Kier alpha value is -0.120. The van der Waals surface area contributed by atoms with Crippen molar-refractivity contribution in [2.45, 2.75) is 62.8 Å². The van der Waals surface area contributed by atoms with Crippen molar-refractivity contribution in [1.29, 1.82) is 0 Å². The molecule has 0 saturated carbocycles. The standard InChI is InChI=1S/C12H22O3/c1-14-7-3-2-6-12(13)8-10-4-5-11(9-12)15-10/h10-11,13H,2-9H2,1H3. The first-order valence-electron chi connectivity index (χ1n) is 6.09. The van der Waals surface area contributed by atoms with E-state index in [1.165, 1.54) is 0 Å². The van der Waals surface area contributed by atoms with E-state index in [2.05, 4.69) is 0 Å². The van der Waals surface area contributed by atoms with Gasteiger partial charge in [0.2, 0.25) is 0 Å². The van der Waals surface area contributed by atoms with E-state index in [-0.39, 0.29) is 0 Å². The van der Waals surface area contributed by atoms with Crippen LogP contribution in [0.2, 0.25) is 0 Å². The smallest absolute Gasteiger partial charge is 0.0697 e. The van der Waals surface area contributed by atoms with E-state index in [0.29, 0.717) is 12.2 Å². The summed E-state index contributed by atoms with van der Waals surface area (Å²) >= 11 is 0. The normalized spacial score (nSPS) is 39.6. The van der Waals surface area contributed by atoms with Crippen LogP contribution in [-0.2, 0) is 9.47 Å². The molecule has 2 rings (SSSR count). The second-order valence-electron chi connectivity index (χ2n) is 5.04. The molecule has 2 unspecified atom stereocenters. The number of methoxy groups -OCH3 is 1. The average molecular weight is 214 g/mol. The maximum absolute atomic E-state index is 10.4. The fourth-order valence-electron chi connectivity index (χ4n) is 2.92. The minimum atomic E-state index is -0.447. The van der Waals surface area contributed by atoms with Crippen molar-refractivity contribution in [2.75, 3.05) is 13.7 Å². The van der Waals surface area contributed by atoms with Crippen LogP contribution < -0.4 is 0 Å². The third-order valence-electron chi connectivity index (χ3n) is 3.65. The van der Waals surface area contributed by atoms with Crippen LogP contribution in [0.1, 0.15) is 44.9 Å². The van der Waals surface area contributed by atoms with Crippen LogP contribution in [0.25, 0.3) is 0 Å². The molecule has 3 heteroatoms. The Labute approximate surface area is 91.8 Å². The maximum atomic E-state index is 10.4. The summed E-state index contributed by atoms with van der Waals surface area (Å²) in [6.07, 6.45) is 7.65. The molecule has 0 aromatic carbocycles. The highest BCUT2D eigenvalue weighted by molar-refractivity contribution is 4.94. The van der Waals surface area contributed by atoms with Gasteiger partial charge in [-0.05, 0) is 32.1 Å². The zero-order valence-corrected chi connectivity index (χ0v) is 9.58. The van der Waals surface area contributed by atoms with E-state index in [1.807, 2.05) is 0 Å². The van der Waals surface area contributed by atoms with Crippen molar-refractivity contribution >= 4 is 0 Å².